The Morgan fingerprint density at radius 1 is 0.568 bits per heavy atom. The molecule has 0 heterocycles. The molecule has 6 heteroatoms. The van der Waals surface area contributed by atoms with E-state index in [1.165, 1.54) is 64.2 Å². The molecule has 6 nitrogen and oxygen atoms in total. The van der Waals surface area contributed by atoms with Gasteiger partial charge in [0.05, 0.1) is 13.2 Å². The van der Waals surface area contributed by atoms with Crippen molar-refractivity contribution in [3.8, 4) is 23.0 Å². The van der Waals surface area contributed by atoms with Crippen molar-refractivity contribution in [2.45, 2.75) is 143 Å². The van der Waals surface area contributed by atoms with Crippen molar-refractivity contribution in [1.29, 1.82) is 0 Å². The minimum absolute atomic E-state index is 0.0797. The van der Waals surface area contributed by atoms with Crippen LogP contribution in [0.2, 0.25) is 0 Å². The normalized spacial score (nSPS) is 11.1. The average molecular weight is 523 g/mol. The van der Waals surface area contributed by atoms with E-state index >= 15 is 0 Å². The smallest absolute Gasteiger partial charge is 0.340 e. The summed E-state index contributed by atoms with van der Waals surface area (Å²) in [5.41, 5.74) is 0.131. The van der Waals surface area contributed by atoms with Gasteiger partial charge >= 0.3 is 5.97 Å². The van der Waals surface area contributed by atoms with Crippen molar-refractivity contribution < 1.29 is 29.6 Å². The second-order valence-corrected chi connectivity index (χ2v) is 10.3. The van der Waals surface area contributed by atoms with Crippen LogP contribution in [0.5, 0.6) is 23.0 Å². The van der Waals surface area contributed by atoms with Gasteiger partial charge in [-0.15, -0.1) is 0 Å². The minimum Gasteiger partial charge on any atom is -0.504 e. The van der Waals surface area contributed by atoms with Gasteiger partial charge in [0.15, 0.2) is 11.5 Å². The SMILES string of the molecule is CCCCCCCCCCOc1c(O)c(O)c(C(=O)O)c(CCCC)c1OCCCCCCCCCC. The molecule has 0 amide bonds. The fourth-order valence-corrected chi connectivity index (χ4v) is 4.66. The van der Waals surface area contributed by atoms with Crippen molar-refractivity contribution in [2.24, 2.45) is 0 Å². The molecule has 1 aromatic carbocycles. The summed E-state index contributed by atoms with van der Waals surface area (Å²) in [5, 5.41) is 31.1. The third-order valence-corrected chi connectivity index (χ3v) is 6.94. The number of carboxylic acids is 1. The molecule has 0 atom stereocenters. The van der Waals surface area contributed by atoms with Crippen LogP contribution in [0, 0.1) is 0 Å². The molecule has 1 aromatic rings. The largest absolute Gasteiger partial charge is 0.504 e. The lowest BCUT2D eigenvalue weighted by molar-refractivity contribution is 0.0690. The highest BCUT2D eigenvalue weighted by molar-refractivity contribution is 5.96. The van der Waals surface area contributed by atoms with Crippen LogP contribution in [0.25, 0.3) is 0 Å². The number of unbranched alkanes of at least 4 members (excludes halogenated alkanes) is 15. The van der Waals surface area contributed by atoms with Crippen LogP contribution in [-0.2, 0) is 6.42 Å². The number of carboxylic acid groups (broad SMARTS) is 1. The fourth-order valence-electron chi connectivity index (χ4n) is 4.66. The number of aromatic hydroxyl groups is 2. The molecule has 0 aromatic heterocycles. The van der Waals surface area contributed by atoms with E-state index in [1.54, 1.807) is 0 Å². The molecule has 3 N–H and O–H groups in total. The molecular weight excluding hydrogens is 468 g/mol. The van der Waals surface area contributed by atoms with Gasteiger partial charge in [-0.05, 0) is 25.7 Å². The molecule has 0 aliphatic carbocycles. The Balaban J connectivity index is 2.84. The topological polar surface area (TPSA) is 96.2 Å². The zero-order valence-electron chi connectivity index (χ0n) is 23.9. The zero-order valence-corrected chi connectivity index (χ0v) is 23.9. The number of rotatable bonds is 24. The lowest BCUT2D eigenvalue weighted by Crippen LogP contribution is -2.11. The second kappa shape index (κ2) is 20.9. The van der Waals surface area contributed by atoms with Crippen molar-refractivity contribution in [1.82, 2.24) is 0 Å². The van der Waals surface area contributed by atoms with Crippen LogP contribution in [0.15, 0.2) is 0 Å². The van der Waals surface area contributed by atoms with Gasteiger partial charge in [0.25, 0.3) is 0 Å². The van der Waals surface area contributed by atoms with Crippen LogP contribution in [0.4, 0.5) is 0 Å². The third-order valence-electron chi connectivity index (χ3n) is 6.94. The highest BCUT2D eigenvalue weighted by atomic mass is 16.5. The van der Waals surface area contributed by atoms with E-state index in [1.807, 2.05) is 6.92 Å². The molecule has 0 aliphatic rings. The quantitative estimate of drug-likeness (QED) is 0.0925. The van der Waals surface area contributed by atoms with Crippen LogP contribution in [0.1, 0.15) is 152 Å². The molecule has 0 radical (unpaired) electrons. The number of benzene rings is 1. The molecule has 37 heavy (non-hydrogen) atoms. The molecule has 0 fully saturated rings. The molecule has 1 rings (SSSR count). The van der Waals surface area contributed by atoms with Crippen LogP contribution >= 0.6 is 0 Å². The molecule has 0 unspecified atom stereocenters. The molecule has 214 valence electrons. The van der Waals surface area contributed by atoms with Crippen molar-refractivity contribution in [2.75, 3.05) is 13.2 Å². The molecule has 0 bridgehead atoms. The summed E-state index contributed by atoms with van der Waals surface area (Å²) in [6.45, 7) is 7.27. The van der Waals surface area contributed by atoms with Gasteiger partial charge in [0.1, 0.15) is 5.56 Å². The molecule has 0 aliphatic heterocycles. The molecule has 0 saturated heterocycles. The highest BCUT2D eigenvalue weighted by Gasteiger charge is 2.29. The number of phenols is 2. The Kier molecular flexibility index (Phi) is 18.6. The first-order valence-corrected chi connectivity index (χ1v) is 15.1. The Bertz CT molecular complexity index is 746. The van der Waals surface area contributed by atoms with E-state index in [0.29, 0.717) is 25.2 Å². The van der Waals surface area contributed by atoms with Gasteiger partial charge in [-0.2, -0.15) is 0 Å². The number of ether oxygens (including phenoxy) is 2. The van der Waals surface area contributed by atoms with Gasteiger partial charge in [-0.3, -0.25) is 0 Å². The van der Waals surface area contributed by atoms with E-state index in [9.17, 15) is 20.1 Å². The lowest BCUT2D eigenvalue weighted by Gasteiger charge is -2.21. The second-order valence-electron chi connectivity index (χ2n) is 10.3. The van der Waals surface area contributed by atoms with Crippen LogP contribution in [0.3, 0.4) is 0 Å². The predicted molar refractivity (Wildman–Crippen MR) is 152 cm³/mol. The number of hydrogen-bond acceptors (Lipinski definition) is 5. The first kappa shape index (κ1) is 32.9. The van der Waals surface area contributed by atoms with Crippen molar-refractivity contribution in [3.05, 3.63) is 11.1 Å². The summed E-state index contributed by atoms with van der Waals surface area (Å²) in [6.07, 6.45) is 20.7. The maximum absolute atomic E-state index is 12.0. The van der Waals surface area contributed by atoms with Gasteiger partial charge < -0.3 is 24.8 Å². The number of hydrogen-bond donors (Lipinski definition) is 3. The van der Waals surface area contributed by atoms with E-state index < -0.39 is 17.5 Å². The Labute approximate surface area is 225 Å². The van der Waals surface area contributed by atoms with Crippen LogP contribution in [-0.4, -0.2) is 34.5 Å². The fraction of sp³-hybridized carbons (Fsp3) is 0.774. The summed E-state index contributed by atoms with van der Waals surface area (Å²) in [4.78, 5) is 12.0. The summed E-state index contributed by atoms with van der Waals surface area (Å²) >= 11 is 0. The van der Waals surface area contributed by atoms with Gasteiger partial charge in [-0.1, -0.05) is 117 Å². The number of carbonyl (C=O) groups is 1. The standard InChI is InChI=1S/C31H54O6/c1-4-7-10-12-14-16-18-20-23-36-29-25(22-9-6-3)26(31(34)35)27(32)28(33)30(29)37-24-21-19-17-15-13-11-8-5-2/h32-33H,4-24H2,1-3H3,(H,34,35). The number of aromatic carboxylic acids is 1. The minimum atomic E-state index is -1.27. The summed E-state index contributed by atoms with van der Waals surface area (Å²) in [5.74, 6) is -2.09. The predicted octanol–water partition coefficient (Wildman–Crippen LogP) is 9.18. The average Bonchev–Trinajstić information content (AvgIpc) is 2.88. The third kappa shape index (κ3) is 12.8. The van der Waals surface area contributed by atoms with Gasteiger partial charge in [0.2, 0.25) is 11.5 Å². The summed E-state index contributed by atoms with van der Waals surface area (Å²) in [6, 6.07) is 0. The summed E-state index contributed by atoms with van der Waals surface area (Å²) < 4.78 is 12.1. The maximum Gasteiger partial charge on any atom is 0.340 e. The van der Waals surface area contributed by atoms with Gasteiger partial charge in [-0.25, -0.2) is 4.79 Å². The first-order valence-electron chi connectivity index (χ1n) is 15.1. The summed E-state index contributed by atoms with van der Waals surface area (Å²) in [7, 11) is 0. The van der Waals surface area contributed by atoms with E-state index in [2.05, 4.69) is 13.8 Å². The zero-order chi connectivity index (χ0) is 27.3. The molecular formula is C31H54O6. The number of phenolic OH excluding ortho intramolecular Hbond substituents is 1. The van der Waals surface area contributed by atoms with E-state index in [-0.39, 0.29) is 17.1 Å². The van der Waals surface area contributed by atoms with E-state index in [4.69, 9.17) is 9.47 Å². The maximum atomic E-state index is 12.0. The van der Waals surface area contributed by atoms with Gasteiger partial charge in [0, 0.05) is 5.56 Å². The Morgan fingerprint density at radius 2 is 0.973 bits per heavy atom. The first-order chi connectivity index (χ1) is 18.0. The van der Waals surface area contributed by atoms with Crippen molar-refractivity contribution in [3.63, 3.8) is 0 Å². The van der Waals surface area contributed by atoms with E-state index in [0.717, 1.165) is 51.4 Å². The highest BCUT2D eigenvalue weighted by Crippen LogP contribution is 2.49. The monoisotopic (exact) mass is 522 g/mol. The lowest BCUT2D eigenvalue weighted by atomic mass is 9.98. The van der Waals surface area contributed by atoms with Crippen molar-refractivity contribution >= 4 is 5.97 Å². The Hall–Kier alpha value is -2.11. The van der Waals surface area contributed by atoms with Crippen LogP contribution < -0.4 is 9.47 Å². The molecule has 0 saturated carbocycles. The Morgan fingerprint density at radius 3 is 1.41 bits per heavy atom. The molecule has 0 spiro atoms.